The van der Waals surface area contributed by atoms with Gasteiger partial charge in [-0.25, -0.2) is 0 Å². The van der Waals surface area contributed by atoms with Crippen LogP contribution < -0.4 is 0 Å². The van der Waals surface area contributed by atoms with Gasteiger partial charge in [0, 0.05) is 13.5 Å². The van der Waals surface area contributed by atoms with Crippen LogP contribution in [0, 0.1) is 5.92 Å². The highest BCUT2D eigenvalue weighted by atomic mass is 16.5. The third kappa shape index (κ3) is 6.24. The molecule has 2 nitrogen and oxygen atoms in total. The van der Waals surface area contributed by atoms with Crippen LogP contribution in [0.15, 0.2) is 24.8 Å². The zero-order chi connectivity index (χ0) is 11.7. The van der Waals surface area contributed by atoms with Gasteiger partial charge in [-0.3, -0.25) is 0 Å². The van der Waals surface area contributed by atoms with E-state index in [9.17, 15) is 4.79 Å². The average Bonchev–Trinajstić information content (AvgIpc) is 2.18. The minimum absolute atomic E-state index is 0.168. The first-order valence-electron chi connectivity index (χ1n) is 5.34. The predicted molar refractivity (Wildman–Crippen MR) is 63.8 cm³/mol. The van der Waals surface area contributed by atoms with Crippen molar-refractivity contribution in [3.8, 4) is 0 Å². The Morgan fingerprint density at radius 3 is 2.60 bits per heavy atom. The summed E-state index contributed by atoms with van der Waals surface area (Å²) in [6.07, 6.45) is 9.23. The van der Waals surface area contributed by atoms with Crippen molar-refractivity contribution in [1.82, 2.24) is 0 Å². The van der Waals surface area contributed by atoms with Crippen LogP contribution in [0.4, 0.5) is 0 Å². The van der Waals surface area contributed by atoms with Gasteiger partial charge >= 0.3 is 0 Å². The second-order valence-electron chi connectivity index (χ2n) is 4.16. The van der Waals surface area contributed by atoms with Crippen LogP contribution >= 0.6 is 0 Å². The molecule has 0 aromatic rings. The number of hydrogen-bond acceptors (Lipinski definition) is 2. The van der Waals surface area contributed by atoms with E-state index in [0.717, 1.165) is 19.1 Å². The summed E-state index contributed by atoms with van der Waals surface area (Å²) in [6.45, 7) is 7.81. The summed E-state index contributed by atoms with van der Waals surface area (Å²) in [6, 6.07) is 0. The van der Waals surface area contributed by atoms with Crippen molar-refractivity contribution in [2.75, 3.05) is 7.11 Å². The maximum absolute atomic E-state index is 10.3. The van der Waals surface area contributed by atoms with E-state index in [0.29, 0.717) is 12.3 Å². The molecule has 0 aliphatic carbocycles. The molecule has 0 spiro atoms. The van der Waals surface area contributed by atoms with Crippen LogP contribution in [0.3, 0.4) is 0 Å². The SMILES string of the molecule is C=CCC(C)(CC=CC(C)CC=O)OC. The summed E-state index contributed by atoms with van der Waals surface area (Å²) in [5.74, 6) is 0.312. The van der Waals surface area contributed by atoms with Crippen molar-refractivity contribution in [1.29, 1.82) is 0 Å². The molecule has 0 aromatic carbocycles. The zero-order valence-electron chi connectivity index (χ0n) is 10.0. The average molecular weight is 210 g/mol. The fraction of sp³-hybridized carbons (Fsp3) is 0.615. The number of ether oxygens (including phenoxy) is 1. The van der Waals surface area contributed by atoms with Crippen molar-refractivity contribution in [3.63, 3.8) is 0 Å². The molecule has 0 rings (SSSR count). The second-order valence-corrected chi connectivity index (χ2v) is 4.16. The van der Waals surface area contributed by atoms with Crippen LogP contribution in [-0.4, -0.2) is 19.0 Å². The largest absolute Gasteiger partial charge is 0.378 e. The fourth-order valence-electron chi connectivity index (χ4n) is 1.34. The predicted octanol–water partition coefficient (Wildman–Crippen LogP) is 3.14. The first-order valence-corrected chi connectivity index (χ1v) is 5.34. The highest BCUT2D eigenvalue weighted by Gasteiger charge is 2.19. The maximum atomic E-state index is 10.3. The Labute approximate surface area is 93.0 Å². The lowest BCUT2D eigenvalue weighted by atomic mass is 9.96. The number of allylic oxidation sites excluding steroid dienone is 1. The highest BCUT2D eigenvalue weighted by molar-refractivity contribution is 5.50. The van der Waals surface area contributed by atoms with Gasteiger partial charge in [0.05, 0.1) is 5.60 Å². The van der Waals surface area contributed by atoms with Gasteiger partial charge in [-0.2, -0.15) is 0 Å². The quantitative estimate of drug-likeness (QED) is 0.454. The third-order valence-electron chi connectivity index (χ3n) is 2.55. The van der Waals surface area contributed by atoms with Gasteiger partial charge in [0.1, 0.15) is 6.29 Å². The zero-order valence-corrected chi connectivity index (χ0v) is 10.0. The second kappa shape index (κ2) is 7.41. The van der Waals surface area contributed by atoms with Crippen molar-refractivity contribution in [3.05, 3.63) is 24.8 Å². The molecule has 0 N–H and O–H groups in total. The number of rotatable bonds is 8. The summed E-state index contributed by atoms with van der Waals surface area (Å²) < 4.78 is 5.43. The molecule has 0 aliphatic rings. The molecule has 0 saturated heterocycles. The molecular weight excluding hydrogens is 188 g/mol. The number of carbonyl (C=O) groups excluding carboxylic acids is 1. The van der Waals surface area contributed by atoms with Crippen LogP contribution in [-0.2, 0) is 9.53 Å². The molecular formula is C13H22O2. The Morgan fingerprint density at radius 1 is 1.47 bits per heavy atom. The number of hydrogen-bond donors (Lipinski definition) is 0. The molecule has 0 aliphatic heterocycles. The van der Waals surface area contributed by atoms with Gasteiger partial charge in [-0.05, 0) is 25.7 Å². The van der Waals surface area contributed by atoms with E-state index in [-0.39, 0.29) is 5.60 Å². The summed E-state index contributed by atoms with van der Waals surface area (Å²) in [4.78, 5) is 10.3. The summed E-state index contributed by atoms with van der Waals surface area (Å²) in [5.41, 5.74) is -0.168. The lowest BCUT2D eigenvalue weighted by Crippen LogP contribution is -2.25. The lowest BCUT2D eigenvalue weighted by Gasteiger charge is -2.25. The first-order chi connectivity index (χ1) is 7.08. The molecule has 2 unspecified atom stereocenters. The molecule has 0 saturated carbocycles. The molecule has 0 heterocycles. The maximum Gasteiger partial charge on any atom is 0.120 e. The molecule has 15 heavy (non-hydrogen) atoms. The normalized spacial score (nSPS) is 17.3. The Kier molecular flexibility index (Phi) is 6.97. The Morgan fingerprint density at radius 2 is 2.13 bits per heavy atom. The van der Waals surface area contributed by atoms with E-state index in [1.54, 1.807) is 7.11 Å². The molecule has 0 aromatic heterocycles. The monoisotopic (exact) mass is 210 g/mol. The fourth-order valence-corrected chi connectivity index (χ4v) is 1.34. The standard InChI is InChI=1S/C13H22O2/c1-5-9-13(3,15-4)10-6-7-12(2)8-11-14/h5-7,11-12H,1,8-10H2,2-4H3. The summed E-state index contributed by atoms with van der Waals surface area (Å²) in [7, 11) is 1.71. The van der Waals surface area contributed by atoms with E-state index in [4.69, 9.17) is 4.74 Å². The van der Waals surface area contributed by atoms with E-state index in [1.165, 1.54) is 0 Å². The first kappa shape index (κ1) is 14.1. The van der Waals surface area contributed by atoms with Gasteiger partial charge in [0.25, 0.3) is 0 Å². The van der Waals surface area contributed by atoms with E-state index in [1.807, 2.05) is 13.0 Å². The van der Waals surface area contributed by atoms with E-state index in [2.05, 4.69) is 25.7 Å². The van der Waals surface area contributed by atoms with Crippen molar-refractivity contribution < 1.29 is 9.53 Å². The molecule has 2 atom stereocenters. The van der Waals surface area contributed by atoms with Gasteiger partial charge < -0.3 is 9.53 Å². The van der Waals surface area contributed by atoms with Gasteiger partial charge in [-0.15, -0.1) is 6.58 Å². The number of methoxy groups -OCH3 is 1. The Balaban J connectivity index is 4.09. The topological polar surface area (TPSA) is 26.3 Å². The van der Waals surface area contributed by atoms with E-state index < -0.39 is 0 Å². The van der Waals surface area contributed by atoms with Crippen molar-refractivity contribution in [2.24, 2.45) is 5.92 Å². The van der Waals surface area contributed by atoms with Gasteiger partial charge in [0.2, 0.25) is 0 Å². The van der Waals surface area contributed by atoms with Crippen LogP contribution in [0.25, 0.3) is 0 Å². The van der Waals surface area contributed by atoms with Crippen molar-refractivity contribution >= 4 is 6.29 Å². The minimum Gasteiger partial charge on any atom is -0.378 e. The molecule has 86 valence electrons. The van der Waals surface area contributed by atoms with Gasteiger partial charge in [-0.1, -0.05) is 25.2 Å². The molecule has 0 radical (unpaired) electrons. The summed E-state index contributed by atoms with van der Waals surface area (Å²) >= 11 is 0. The third-order valence-corrected chi connectivity index (χ3v) is 2.55. The van der Waals surface area contributed by atoms with Crippen LogP contribution in [0.2, 0.25) is 0 Å². The smallest absolute Gasteiger partial charge is 0.120 e. The molecule has 0 fully saturated rings. The Hall–Kier alpha value is -0.890. The molecule has 0 amide bonds. The van der Waals surface area contributed by atoms with Crippen LogP contribution in [0.5, 0.6) is 0 Å². The number of aldehydes is 1. The van der Waals surface area contributed by atoms with Crippen LogP contribution in [0.1, 0.15) is 33.1 Å². The van der Waals surface area contributed by atoms with E-state index >= 15 is 0 Å². The lowest BCUT2D eigenvalue weighted by molar-refractivity contribution is -0.108. The highest BCUT2D eigenvalue weighted by Crippen LogP contribution is 2.20. The number of carbonyl (C=O) groups is 1. The molecule has 0 bridgehead atoms. The van der Waals surface area contributed by atoms with Crippen molar-refractivity contribution in [2.45, 2.75) is 38.7 Å². The Bertz CT molecular complexity index is 221. The van der Waals surface area contributed by atoms with Gasteiger partial charge in [0.15, 0.2) is 0 Å². The summed E-state index contributed by atoms with van der Waals surface area (Å²) in [5, 5.41) is 0. The minimum atomic E-state index is -0.168. The molecule has 2 heteroatoms.